The smallest absolute Gasteiger partial charge is 0.230 e. The third-order valence-electron chi connectivity index (χ3n) is 3.67. The average Bonchev–Trinajstić information content (AvgIpc) is 2.96. The minimum Gasteiger partial charge on any atom is -0.493 e. The number of rotatable bonds is 5. The number of halogens is 1. The van der Waals surface area contributed by atoms with Crippen LogP contribution in [-0.4, -0.2) is 48.3 Å². The highest BCUT2D eigenvalue weighted by molar-refractivity contribution is 9.10. The molecule has 1 unspecified atom stereocenters. The van der Waals surface area contributed by atoms with Crippen molar-refractivity contribution in [3.8, 4) is 5.75 Å². The van der Waals surface area contributed by atoms with Crippen LogP contribution in [0.5, 0.6) is 5.75 Å². The van der Waals surface area contributed by atoms with Crippen molar-refractivity contribution in [3.05, 3.63) is 40.5 Å². The van der Waals surface area contributed by atoms with Crippen molar-refractivity contribution in [3.63, 3.8) is 0 Å². The lowest BCUT2D eigenvalue weighted by molar-refractivity contribution is 0.190. The second-order valence-electron chi connectivity index (χ2n) is 5.30. The van der Waals surface area contributed by atoms with Crippen LogP contribution < -0.4 is 10.1 Å². The topological polar surface area (TPSA) is 63.4 Å². The molecule has 1 N–H and O–H groups in total. The molecule has 0 radical (unpaired) electrons. The lowest BCUT2D eigenvalue weighted by Gasteiger charge is -2.30. The summed E-state index contributed by atoms with van der Waals surface area (Å²) in [6.45, 7) is 3.35. The van der Waals surface area contributed by atoms with Crippen LogP contribution in [0, 0.1) is 0 Å². The van der Waals surface area contributed by atoms with Crippen molar-refractivity contribution in [1.29, 1.82) is 0 Å². The van der Waals surface area contributed by atoms with Crippen molar-refractivity contribution < 1.29 is 9.26 Å². The predicted octanol–water partition coefficient (Wildman–Crippen LogP) is 2.03. The third-order valence-corrected chi connectivity index (χ3v) is 4.17. The van der Waals surface area contributed by atoms with Crippen molar-refractivity contribution in [2.45, 2.75) is 12.5 Å². The van der Waals surface area contributed by atoms with E-state index in [0.29, 0.717) is 18.9 Å². The van der Waals surface area contributed by atoms with Crippen molar-refractivity contribution in [2.24, 2.45) is 0 Å². The zero-order chi connectivity index (χ0) is 15.4. The number of nitrogens with one attached hydrogen (secondary N) is 1. The Kier molecular flexibility index (Phi) is 5.07. The minimum atomic E-state index is 0.178. The second-order valence-corrected chi connectivity index (χ2v) is 6.22. The van der Waals surface area contributed by atoms with Crippen LogP contribution in [0.15, 0.2) is 33.3 Å². The molecule has 0 aliphatic carbocycles. The molecule has 0 saturated carbocycles. The van der Waals surface area contributed by atoms with E-state index in [1.807, 2.05) is 24.3 Å². The molecule has 1 saturated heterocycles. The second kappa shape index (κ2) is 7.21. The number of nitrogens with zero attached hydrogens (tertiary/aromatic N) is 3. The van der Waals surface area contributed by atoms with E-state index < -0.39 is 0 Å². The monoisotopic (exact) mass is 366 g/mol. The van der Waals surface area contributed by atoms with E-state index in [9.17, 15) is 0 Å². The van der Waals surface area contributed by atoms with Gasteiger partial charge >= 0.3 is 0 Å². The Balaban J connectivity index is 1.53. The summed E-state index contributed by atoms with van der Waals surface area (Å²) in [4.78, 5) is 6.72. The number of benzene rings is 1. The maximum atomic E-state index is 5.69. The molecule has 2 aromatic rings. The number of aromatic nitrogens is 2. The summed E-state index contributed by atoms with van der Waals surface area (Å²) in [5, 5.41) is 7.45. The quantitative estimate of drug-likeness (QED) is 0.873. The van der Waals surface area contributed by atoms with Crippen molar-refractivity contribution in [1.82, 2.24) is 20.4 Å². The highest BCUT2D eigenvalue weighted by atomic mass is 79.9. The largest absolute Gasteiger partial charge is 0.493 e. The molecule has 0 spiro atoms. The minimum absolute atomic E-state index is 0.178. The standard InChI is InChI=1S/C15H19BrN4O2/c1-20-7-6-17-10-13(20)15-18-14(22-19-15)5-8-21-12-4-2-3-11(16)9-12/h2-4,9,13,17H,5-8,10H2,1H3. The van der Waals surface area contributed by atoms with Gasteiger partial charge in [-0.25, -0.2) is 0 Å². The van der Waals surface area contributed by atoms with Crippen molar-refractivity contribution >= 4 is 15.9 Å². The maximum Gasteiger partial charge on any atom is 0.230 e. The molecular weight excluding hydrogens is 348 g/mol. The molecule has 22 heavy (non-hydrogen) atoms. The zero-order valence-corrected chi connectivity index (χ0v) is 14.0. The van der Waals surface area contributed by atoms with Gasteiger partial charge < -0.3 is 14.6 Å². The van der Waals surface area contributed by atoms with Crippen LogP contribution in [0.25, 0.3) is 0 Å². The number of hydrogen-bond donors (Lipinski definition) is 1. The fourth-order valence-electron chi connectivity index (χ4n) is 2.41. The molecule has 1 fully saturated rings. The van der Waals surface area contributed by atoms with Gasteiger partial charge in [-0.3, -0.25) is 4.90 Å². The molecule has 6 nitrogen and oxygen atoms in total. The zero-order valence-electron chi connectivity index (χ0n) is 12.5. The summed E-state index contributed by atoms with van der Waals surface area (Å²) in [5.74, 6) is 2.18. The van der Waals surface area contributed by atoms with Crippen LogP contribution in [0.2, 0.25) is 0 Å². The first kappa shape index (κ1) is 15.5. The predicted molar refractivity (Wildman–Crippen MR) is 85.9 cm³/mol. The highest BCUT2D eigenvalue weighted by Gasteiger charge is 2.25. The first-order chi connectivity index (χ1) is 10.7. The Bertz CT molecular complexity index is 619. The van der Waals surface area contributed by atoms with E-state index in [-0.39, 0.29) is 6.04 Å². The van der Waals surface area contributed by atoms with Gasteiger partial charge in [0, 0.05) is 24.1 Å². The Morgan fingerprint density at radius 3 is 3.23 bits per heavy atom. The first-order valence-corrected chi connectivity index (χ1v) is 8.13. The van der Waals surface area contributed by atoms with Crippen LogP contribution in [0.3, 0.4) is 0 Å². The fourth-order valence-corrected chi connectivity index (χ4v) is 2.79. The number of piperazine rings is 1. The van der Waals surface area contributed by atoms with Gasteiger partial charge in [0.2, 0.25) is 5.89 Å². The highest BCUT2D eigenvalue weighted by Crippen LogP contribution is 2.19. The molecule has 1 aromatic carbocycles. The third kappa shape index (κ3) is 3.85. The Labute approximate surface area is 138 Å². The van der Waals surface area contributed by atoms with Gasteiger partial charge in [0.1, 0.15) is 5.75 Å². The SMILES string of the molecule is CN1CCNCC1c1noc(CCOc2cccc(Br)c2)n1. The molecule has 7 heteroatoms. The fraction of sp³-hybridized carbons (Fsp3) is 0.467. The molecule has 0 bridgehead atoms. The summed E-state index contributed by atoms with van der Waals surface area (Å²) >= 11 is 3.42. The molecular formula is C15H19BrN4O2. The van der Waals surface area contributed by atoms with Crippen LogP contribution in [0.1, 0.15) is 17.8 Å². The molecule has 0 amide bonds. The molecule has 1 aliphatic rings. The van der Waals surface area contributed by atoms with Gasteiger partial charge in [-0.1, -0.05) is 27.2 Å². The van der Waals surface area contributed by atoms with Gasteiger partial charge in [-0.15, -0.1) is 0 Å². The lowest BCUT2D eigenvalue weighted by atomic mass is 10.2. The summed E-state index contributed by atoms with van der Waals surface area (Å²) in [6.07, 6.45) is 0.601. The molecule has 118 valence electrons. The first-order valence-electron chi connectivity index (χ1n) is 7.34. The summed E-state index contributed by atoms with van der Waals surface area (Å²) < 4.78 is 12.0. The lowest BCUT2D eigenvalue weighted by Crippen LogP contribution is -2.44. The molecule has 3 rings (SSSR count). The number of likely N-dealkylation sites (N-methyl/N-ethyl adjacent to an activating group) is 1. The maximum absolute atomic E-state index is 5.69. The average molecular weight is 367 g/mol. The van der Waals surface area contributed by atoms with E-state index >= 15 is 0 Å². The molecule has 1 aliphatic heterocycles. The van der Waals surface area contributed by atoms with Gasteiger partial charge in [0.05, 0.1) is 19.1 Å². The van der Waals surface area contributed by atoms with E-state index in [0.717, 1.165) is 35.7 Å². The van der Waals surface area contributed by atoms with Crippen LogP contribution in [0.4, 0.5) is 0 Å². The molecule has 1 atom stereocenters. The normalized spacial score (nSPS) is 19.3. The van der Waals surface area contributed by atoms with E-state index in [2.05, 4.69) is 43.3 Å². The van der Waals surface area contributed by atoms with E-state index in [1.54, 1.807) is 0 Å². The molecule has 2 heterocycles. The van der Waals surface area contributed by atoms with Crippen LogP contribution >= 0.6 is 15.9 Å². The van der Waals surface area contributed by atoms with Gasteiger partial charge in [0.25, 0.3) is 0 Å². The summed E-state index contributed by atoms with van der Waals surface area (Å²) in [6, 6.07) is 7.94. The van der Waals surface area contributed by atoms with Gasteiger partial charge in [-0.2, -0.15) is 4.98 Å². The van der Waals surface area contributed by atoms with Gasteiger partial charge in [0.15, 0.2) is 5.82 Å². The number of ether oxygens (including phenoxy) is 1. The number of hydrogen-bond acceptors (Lipinski definition) is 6. The van der Waals surface area contributed by atoms with Crippen LogP contribution in [-0.2, 0) is 6.42 Å². The van der Waals surface area contributed by atoms with Crippen molar-refractivity contribution in [2.75, 3.05) is 33.3 Å². The van der Waals surface area contributed by atoms with E-state index in [1.165, 1.54) is 0 Å². The Morgan fingerprint density at radius 2 is 2.41 bits per heavy atom. The Morgan fingerprint density at radius 1 is 1.50 bits per heavy atom. The summed E-state index contributed by atoms with van der Waals surface area (Å²) in [5.41, 5.74) is 0. The summed E-state index contributed by atoms with van der Waals surface area (Å²) in [7, 11) is 2.08. The molecule has 1 aromatic heterocycles. The van der Waals surface area contributed by atoms with Gasteiger partial charge in [-0.05, 0) is 25.2 Å². The Hall–Kier alpha value is -1.44. The van der Waals surface area contributed by atoms with E-state index in [4.69, 9.17) is 9.26 Å².